The van der Waals surface area contributed by atoms with Gasteiger partial charge in [0.1, 0.15) is 5.75 Å². The van der Waals surface area contributed by atoms with Crippen molar-refractivity contribution in [2.24, 2.45) is 4.99 Å². The lowest BCUT2D eigenvalue weighted by molar-refractivity contribution is 0.282. The van der Waals surface area contributed by atoms with Crippen LogP contribution in [0.5, 0.6) is 5.75 Å². The molecule has 0 amide bonds. The van der Waals surface area contributed by atoms with Crippen LogP contribution < -0.4 is 15.4 Å². The predicted octanol–water partition coefficient (Wildman–Crippen LogP) is 2.93. The number of nitrogens with zero attached hydrogens (tertiary/aromatic N) is 2. The van der Waals surface area contributed by atoms with Gasteiger partial charge in [-0.1, -0.05) is 25.0 Å². The summed E-state index contributed by atoms with van der Waals surface area (Å²) >= 11 is 0. The highest BCUT2D eigenvalue weighted by molar-refractivity contribution is 5.79. The minimum absolute atomic E-state index is 0.761. The summed E-state index contributed by atoms with van der Waals surface area (Å²) in [7, 11) is 3.53. The molecule has 0 aliphatic carbocycles. The number of methoxy groups -OCH3 is 1. The van der Waals surface area contributed by atoms with Crippen molar-refractivity contribution in [2.45, 2.75) is 45.6 Å². The van der Waals surface area contributed by atoms with Gasteiger partial charge in [-0.25, -0.2) is 0 Å². The zero-order valence-electron chi connectivity index (χ0n) is 16.1. The SMILES string of the molecule is CN=C(NCCCN1CCCCCC1)NCc1ccc(OC)c(C)c1. The van der Waals surface area contributed by atoms with E-state index in [-0.39, 0.29) is 0 Å². The lowest BCUT2D eigenvalue weighted by Crippen LogP contribution is -2.38. The number of likely N-dealkylation sites (tertiary alicyclic amines) is 1. The van der Waals surface area contributed by atoms with Gasteiger partial charge >= 0.3 is 0 Å². The lowest BCUT2D eigenvalue weighted by Gasteiger charge is -2.20. The number of hydrogen-bond acceptors (Lipinski definition) is 3. The molecule has 0 radical (unpaired) electrons. The summed E-state index contributed by atoms with van der Waals surface area (Å²) in [5, 5.41) is 6.80. The fraction of sp³-hybridized carbons (Fsp3) is 0.650. The first-order chi connectivity index (χ1) is 12.2. The van der Waals surface area contributed by atoms with E-state index in [1.165, 1.54) is 50.9 Å². The number of rotatable bonds is 7. The van der Waals surface area contributed by atoms with Crippen molar-refractivity contribution in [2.75, 3.05) is 40.3 Å². The molecule has 0 aromatic heterocycles. The molecule has 0 atom stereocenters. The second-order valence-corrected chi connectivity index (χ2v) is 6.77. The third-order valence-corrected chi connectivity index (χ3v) is 4.79. The normalized spacial score (nSPS) is 16.4. The number of guanidine groups is 1. The Bertz CT molecular complexity index is 536. The maximum absolute atomic E-state index is 5.31. The van der Waals surface area contributed by atoms with Crippen LogP contribution in [0.3, 0.4) is 0 Å². The van der Waals surface area contributed by atoms with E-state index in [1.54, 1.807) is 7.11 Å². The number of ether oxygens (including phenoxy) is 1. The third kappa shape index (κ3) is 6.94. The summed E-state index contributed by atoms with van der Waals surface area (Å²) in [5.74, 6) is 1.80. The Morgan fingerprint density at radius 1 is 1.16 bits per heavy atom. The van der Waals surface area contributed by atoms with Crippen molar-refractivity contribution < 1.29 is 4.74 Å². The number of benzene rings is 1. The quantitative estimate of drug-likeness (QED) is 0.453. The molecule has 0 bridgehead atoms. The lowest BCUT2D eigenvalue weighted by atomic mass is 10.1. The molecular formula is C20H34N4O. The van der Waals surface area contributed by atoms with Gasteiger partial charge in [0.2, 0.25) is 0 Å². The maximum Gasteiger partial charge on any atom is 0.191 e. The standard InChI is InChI=1S/C20H34N4O/c1-17-15-18(9-10-19(17)25-3)16-23-20(21-2)22-11-8-14-24-12-6-4-5-7-13-24/h9-10,15H,4-8,11-14,16H2,1-3H3,(H2,21,22,23). The van der Waals surface area contributed by atoms with Crippen molar-refractivity contribution in [1.29, 1.82) is 0 Å². The van der Waals surface area contributed by atoms with Gasteiger partial charge in [-0.15, -0.1) is 0 Å². The van der Waals surface area contributed by atoms with Crippen LogP contribution in [0, 0.1) is 6.92 Å². The van der Waals surface area contributed by atoms with Crippen LogP contribution >= 0.6 is 0 Å². The Kier molecular flexibility index (Phi) is 8.60. The van der Waals surface area contributed by atoms with Crippen LogP contribution in [0.15, 0.2) is 23.2 Å². The van der Waals surface area contributed by atoms with Crippen molar-refractivity contribution in [3.05, 3.63) is 29.3 Å². The number of aliphatic imine (C=N–C) groups is 1. The first-order valence-electron chi connectivity index (χ1n) is 9.53. The molecule has 5 heteroatoms. The zero-order chi connectivity index (χ0) is 17.9. The van der Waals surface area contributed by atoms with Crippen molar-refractivity contribution in [3.63, 3.8) is 0 Å². The highest BCUT2D eigenvalue weighted by Gasteiger charge is 2.08. The number of aryl methyl sites for hydroxylation is 1. The van der Waals surface area contributed by atoms with Crippen molar-refractivity contribution in [1.82, 2.24) is 15.5 Å². The summed E-state index contributed by atoms with van der Waals surface area (Å²) in [6.45, 7) is 7.50. The van der Waals surface area contributed by atoms with Crippen LogP contribution in [-0.2, 0) is 6.54 Å². The average molecular weight is 347 g/mol. The predicted molar refractivity (Wildman–Crippen MR) is 105 cm³/mol. The van der Waals surface area contributed by atoms with Crippen LogP contribution in [-0.4, -0.2) is 51.2 Å². The minimum Gasteiger partial charge on any atom is -0.496 e. The molecular weight excluding hydrogens is 312 g/mol. The molecule has 1 aliphatic rings. The molecule has 1 aliphatic heterocycles. The zero-order valence-corrected chi connectivity index (χ0v) is 16.1. The second-order valence-electron chi connectivity index (χ2n) is 6.77. The van der Waals surface area contributed by atoms with E-state index in [0.29, 0.717) is 0 Å². The smallest absolute Gasteiger partial charge is 0.191 e. The molecule has 2 rings (SSSR count). The Morgan fingerprint density at radius 2 is 1.92 bits per heavy atom. The van der Waals surface area contributed by atoms with Crippen LogP contribution in [0.25, 0.3) is 0 Å². The highest BCUT2D eigenvalue weighted by Crippen LogP contribution is 2.18. The second kappa shape index (κ2) is 11.0. The Balaban J connectivity index is 1.67. The topological polar surface area (TPSA) is 48.9 Å². The van der Waals surface area contributed by atoms with Gasteiger partial charge < -0.3 is 20.3 Å². The van der Waals surface area contributed by atoms with Gasteiger partial charge in [0.05, 0.1) is 7.11 Å². The fourth-order valence-corrected chi connectivity index (χ4v) is 3.33. The van der Waals surface area contributed by atoms with Gasteiger partial charge in [0.15, 0.2) is 5.96 Å². The van der Waals surface area contributed by atoms with Crippen LogP contribution in [0.4, 0.5) is 0 Å². The molecule has 1 heterocycles. The Hall–Kier alpha value is -1.75. The maximum atomic E-state index is 5.31. The van der Waals surface area contributed by atoms with Gasteiger partial charge in [-0.05, 0) is 63.0 Å². The molecule has 140 valence electrons. The van der Waals surface area contributed by atoms with E-state index in [0.717, 1.165) is 36.8 Å². The van der Waals surface area contributed by atoms with Gasteiger partial charge in [0.25, 0.3) is 0 Å². The fourth-order valence-electron chi connectivity index (χ4n) is 3.33. The molecule has 1 aromatic rings. The largest absolute Gasteiger partial charge is 0.496 e. The van der Waals surface area contributed by atoms with Crippen LogP contribution in [0.1, 0.15) is 43.2 Å². The van der Waals surface area contributed by atoms with E-state index in [2.05, 4.69) is 39.6 Å². The minimum atomic E-state index is 0.761. The Morgan fingerprint density at radius 3 is 2.56 bits per heavy atom. The van der Waals surface area contributed by atoms with E-state index in [4.69, 9.17) is 4.74 Å². The van der Waals surface area contributed by atoms with E-state index < -0.39 is 0 Å². The monoisotopic (exact) mass is 346 g/mol. The highest BCUT2D eigenvalue weighted by atomic mass is 16.5. The molecule has 1 saturated heterocycles. The molecule has 0 saturated carbocycles. The third-order valence-electron chi connectivity index (χ3n) is 4.79. The molecule has 0 unspecified atom stereocenters. The molecule has 1 aromatic carbocycles. The van der Waals surface area contributed by atoms with Crippen molar-refractivity contribution >= 4 is 5.96 Å². The summed E-state index contributed by atoms with van der Waals surface area (Å²) in [6.07, 6.45) is 6.67. The first-order valence-corrected chi connectivity index (χ1v) is 9.53. The van der Waals surface area contributed by atoms with Gasteiger partial charge in [-0.2, -0.15) is 0 Å². The van der Waals surface area contributed by atoms with Crippen molar-refractivity contribution in [3.8, 4) is 5.75 Å². The molecule has 1 fully saturated rings. The number of hydrogen-bond donors (Lipinski definition) is 2. The van der Waals surface area contributed by atoms with Gasteiger partial charge in [-0.3, -0.25) is 4.99 Å². The molecule has 2 N–H and O–H groups in total. The van der Waals surface area contributed by atoms with E-state index >= 15 is 0 Å². The van der Waals surface area contributed by atoms with E-state index in [9.17, 15) is 0 Å². The molecule has 5 nitrogen and oxygen atoms in total. The summed E-state index contributed by atoms with van der Waals surface area (Å²) < 4.78 is 5.31. The number of nitrogens with one attached hydrogen (secondary N) is 2. The van der Waals surface area contributed by atoms with Gasteiger partial charge in [0, 0.05) is 20.1 Å². The average Bonchev–Trinajstić information content (AvgIpc) is 2.90. The van der Waals surface area contributed by atoms with E-state index in [1.807, 2.05) is 13.1 Å². The molecule has 0 spiro atoms. The summed E-state index contributed by atoms with van der Waals surface area (Å²) in [4.78, 5) is 6.92. The first kappa shape index (κ1) is 19.6. The molecule has 25 heavy (non-hydrogen) atoms. The Labute approximate surface area is 152 Å². The summed E-state index contributed by atoms with van der Waals surface area (Å²) in [5.41, 5.74) is 2.38. The summed E-state index contributed by atoms with van der Waals surface area (Å²) in [6, 6.07) is 6.26. The van der Waals surface area contributed by atoms with Crippen LogP contribution in [0.2, 0.25) is 0 Å².